The second-order valence-corrected chi connectivity index (χ2v) is 6.21. The van der Waals surface area contributed by atoms with Crippen molar-refractivity contribution in [1.82, 2.24) is 14.9 Å². The number of thiazole rings is 1. The molecule has 1 aliphatic heterocycles. The zero-order chi connectivity index (χ0) is 15.7. The Morgan fingerprint density at radius 3 is 2.82 bits per heavy atom. The van der Waals surface area contributed by atoms with E-state index in [-0.39, 0.29) is 25.9 Å². The van der Waals surface area contributed by atoms with Crippen molar-refractivity contribution in [3.8, 4) is 0 Å². The molecule has 1 aliphatic rings. The summed E-state index contributed by atoms with van der Waals surface area (Å²) in [7, 11) is 0. The molecule has 2 aromatic heterocycles. The van der Waals surface area contributed by atoms with Gasteiger partial charge in [-0.25, -0.2) is 18.6 Å². The number of fused-ring (bicyclic) bond motifs is 1. The number of piperidine rings is 1. The first kappa shape index (κ1) is 15.0. The normalized spacial score (nSPS) is 17.9. The van der Waals surface area contributed by atoms with Gasteiger partial charge in [0.15, 0.2) is 5.13 Å². The molecule has 0 atom stereocenters. The summed E-state index contributed by atoms with van der Waals surface area (Å²) in [5.41, 5.74) is -1.30. The summed E-state index contributed by atoms with van der Waals surface area (Å²) in [5, 5.41) is 12.8. The quantitative estimate of drug-likeness (QED) is 0.887. The van der Waals surface area contributed by atoms with Crippen LogP contribution in [0.4, 0.5) is 18.7 Å². The second-order valence-electron chi connectivity index (χ2n) is 5.18. The predicted molar refractivity (Wildman–Crippen MR) is 78.2 cm³/mol. The number of urea groups is 1. The average Bonchev–Trinajstić information content (AvgIpc) is 2.89. The Hall–Kier alpha value is -1.87. The van der Waals surface area contributed by atoms with Crippen molar-refractivity contribution in [1.29, 1.82) is 0 Å². The third kappa shape index (κ3) is 2.86. The summed E-state index contributed by atoms with van der Waals surface area (Å²) in [4.78, 5) is 21.7. The Morgan fingerprint density at radius 2 is 2.18 bits per heavy atom. The van der Waals surface area contributed by atoms with Crippen LogP contribution in [0.5, 0.6) is 0 Å². The molecule has 3 heterocycles. The Bertz CT molecular complexity index is 652. The summed E-state index contributed by atoms with van der Waals surface area (Å²) in [6.07, 6.45) is 0.172. The van der Waals surface area contributed by atoms with Crippen molar-refractivity contribution in [2.24, 2.45) is 0 Å². The van der Waals surface area contributed by atoms with Gasteiger partial charge in [-0.15, -0.1) is 0 Å². The van der Waals surface area contributed by atoms with Gasteiger partial charge in [-0.05, 0) is 18.9 Å². The maximum Gasteiger partial charge on any atom is 0.323 e. The first-order valence-corrected chi connectivity index (χ1v) is 7.57. The highest BCUT2D eigenvalue weighted by Gasteiger charge is 2.41. The number of hydrogen-bond donors (Lipinski definition) is 2. The molecular weight excluding hydrogens is 314 g/mol. The van der Waals surface area contributed by atoms with Crippen LogP contribution in [-0.4, -0.2) is 51.1 Å². The van der Waals surface area contributed by atoms with Crippen LogP contribution in [0.15, 0.2) is 18.5 Å². The number of nitrogens with zero attached hydrogens (tertiary/aromatic N) is 3. The number of hydrogen-bond acceptors (Lipinski definition) is 5. The third-order valence-electron chi connectivity index (χ3n) is 3.73. The summed E-state index contributed by atoms with van der Waals surface area (Å²) in [6.45, 7) is 0.165. The molecular formula is C13H14F2N4O2S. The van der Waals surface area contributed by atoms with Crippen LogP contribution in [-0.2, 0) is 0 Å². The molecule has 118 valence electrons. The van der Waals surface area contributed by atoms with E-state index >= 15 is 0 Å². The van der Waals surface area contributed by atoms with Gasteiger partial charge in [-0.3, -0.25) is 10.3 Å². The lowest BCUT2D eigenvalue weighted by Crippen LogP contribution is -2.51. The SMILES string of the molecule is O=C(Nc1nc2cnccc2s1)N1CCC(O)(C(F)F)CC1. The topological polar surface area (TPSA) is 78.4 Å². The summed E-state index contributed by atoms with van der Waals surface area (Å²) in [6, 6.07) is 1.40. The van der Waals surface area contributed by atoms with E-state index in [0.717, 1.165) is 4.70 Å². The highest BCUT2D eigenvalue weighted by molar-refractivity contribution is 7.22. The van der Waals surface area contributed by atoms with Gasteiger partial charge in [-0.1, -0.05) is 11.3 Å². The van der Waals surface area contributed by atoms with Crippen molar-refractivity contribution in [3.63, 3.8) is 0 Å². The number of carbonyl (C=O) groups is 1. The molecule has 2 amide bonds. The molecule has 1 saturated heterocycles. The van der Waals surface area contributed by atoms with Crippen LogP contribution in [0, 0.1) is 0 Å². The highest BCUT2D eigenvalue weighted by atomic mass is 32.1. The number of alkyl halides is 2. The van der Waals surface area contributed by atoms with Crippen LogP contribution in [0.1, 0.15) is 12.8 Å². The number of pyridine rings is 1. The lowest BCUT2D eigenvalue weighted by molar-refractivity contribution is -0.121. The number of aromatic nitrogens is 2. The van der Waals surface area contributed by atoms with E-state index in [9.17, 15) is 18.7 Å². The summed E-state index contributed by atoms with van der Waals surface area (Å²) >= 11 is 1.32. The van der Waals surface area contributed by atoms with Crippen molar-refractivity contribution in [3.05, 3.63) is 18.5 Å². The number of aliphatic hydroxyl groups is 1. The third-order valence-corrected chi connectivity index (χ3v) is 4.68. The van der Waals surface area contributed by atoms with Crippen LogP contribution in [0.3, 0.4) is 0 Å². The van der Waals surface area contributed by atoms with Crippen molar-refractivity contribution in [2.75, 3.05) is 18.4 Å². The number of halogens is 2. The van der Waals surface area contributed by atoms with Gasteiger partial charge in [-0.2, -0.15) is 0 Å². The minimum absolute atomic E-state index is 0.0825. The van der Waals surface area contributed by atoms with Crippen molar-refractivity contribution in [2.45, 2.75) is 24.9 Å². The lowest BCUT2D eigenvalue weighted by atomic mass is 9.92. The number of rotatable bonds is 2. The first-order valence-electron chi connectivity index (χ1n) is 6.75. The minimum Gasteiger partial charge on any atom is -0.384 e. The Labute approximate surface area is 128 Å². The van der Waals surface area contributed by atoms with E-state index in [1.165, 1.54) is 16.2 Å². The fourth-order valence-electron chi connectivity index (χ4n) is 2.32. The van der Waals surface area contributed by atoms with E-state index in [4.69, 9.17) is 0 Å². The number of nitrogens with one attached hydrogen (secondary N) is 1. The fraction of sp³-hybridized carbons (Fsp3) is 0.462. The molecule has 22 heavy (non-hydrogen) atoms. The molecule has 0 bridgehead atoms. The molecule has 0 spiro atoms. The van der Waals surface area contributed by atoms with Crippen molar-refractivity contribution < 1.29 is 18.7 Å². The molecule has 2 N–H and O–H groups in total. The fourth-order valence-corrected chi connectivity index (χ4v) is 3.14. The number of carbonyl (C=O) groups excluding carboxylic acids is 1. The summed E-state index contributed by atoms with van der Waals surface area (Å²) < 4.78 is 26.3. The van der Waals surface area contributed by atoms with Gasteiger partial charge in [0.2, 0.25) is 0 Å². The van der Waals surface area contributed by atoms with Crippen LogP contribution in [0.2, 0.25) is 0 Å². The molecule has 0 unspecified atom stereocenters. The van der Waals surface area contributed by atoms with Crippen LogP contribution < -0.4 is 5.32 Å². The molecule has 0 saturated carbocycles. The summed E-state index contributed by atoms with van der Waals surface area (Å²) in [5.74, 6) is 0. The Morgan fingerprint density at radius 1 is 1.45 bits per heavy atom. The van der Waals surface area contributed by atoms with Gasteiger partial charge in [0.25, 0.3) is 6.43 Å². The van der Waals surface area contributed by atoms with Gasteiger partial charge >= 0.3 is 6.03 Å². The molecule has 6 nitrogen and oxygen atoms in total. The van der Waals surface area contributed by atoms with Crippen LogP contribution in [0.25, 0.3) is 10.2 Å². The first-order chi connectivity index (χ1) is 10.5. The zero-order valence-corrected chi connectivity index (χ0v) is 12.3. The van der Waals surface area contributed by atoms with E-state index in [0.29, 0.717) is 10.6 Å². The van der Waals surface area contributed by atoms with E-state index in [1.807, 2.05) is 0 Å². The number of likely N-dealkylation sites (tertiary alicyclic amines) is 1. The minimum atomic E-state index is -2.80. The Balaban J connectivity index is 1.63. The molecule has 3 rings (SSSR count). The highest BCUT2D eigenvalue weighted by Crippen LogP contribution is 2.29. The van der Waals surface area contributed by atoms with E-state index in [2.05, 4.69) is 15.3 Å². The van der Waals surface area contributed by atoms with Gasteiger partial charge in [0.05, 0.1) is 10.9 Å². The lowest BCUT2D eigenvalue weighted by Gasteiger charge is -2.37. The molecule has 0 aliphatic carbocycles. The van der Waals surface area contributed by atoms with Gasteiger partial charge in [0, 0.05) is 19.3 Å². The predicted octanol–water partition coefficient (Wildman–Crippen LogP) is 2.32. The van der Waals surface area contributed by atoms with Gasteiger partial charge < -0.3 is 10.0 Å². The maximum absolute atomic E-state index is 12.7. The van der Waals surface area contributed by atoms with E-state index in [1.54, 1.807) is 18.5 Å². The molecule has 0 radical (unpaired) electrons. The maximum atomic E-state index is 12.7. The number of amides is 2. The monoisotopic (exact) mass is 328 g/mol. The van der Waals surface area contributed by atoms with Crippen molar-refractivity contribution >= 4 is 32.7 Å². The second kappa shape index (κ2) is 5.73. The molecule has 2 aromatic rings. The largest absolute Gasteiger partial charge is 0.384 e. The Kier molecular flexibility index (Phi) is 3.92. The molecule has 1 fully saturated rings. The average molecular weight is 328 g/mol. The molecule has 0 aromatic carbocycles. The van der Waals surface area contributed by atoms with Crippen LogP contribution >= 0.6 is 11.3 Å². The molecule has 9 heteroatoms. The zero-order valence-electron chi connectivity index (χ0n) is 11.5. The number of anilines is 1. The smallest absolute Gasteiger partial charge is 0.323 e. The van der Waals surface area contributed by atoms with Gasteiger partial charge in [0.1, 0.15) is 11.1 Å². The standard InChI is InChI=1S/C13H14F2N4O2S/c14-10(15)13(21)2-5-19(6-3-13)12(20)18-11-17-8-7-16-4-1-9(8)22-11/h1,4,7,10,21H,2-3,5-6H2,(H,17,18,20). The van der Waals surface area contributed by atoms with E-state index < -0.39 is 18.1 Å².